The minimum absolute atomic E-state index is 0. The summed E-state index contributed by atoms with van der Waals surface area (Å²) in [5, 5.41) is 1.68. The van der Waals surface area contributed by atoms with Crippen LogP contribution in [-0.2, 0) is 4.57 Å². The maximum atomic E-state index is 9.83. The molecule has 0 unspecified atom stereocenters. The van der Waals surface area contributed by atoms with E-state index >= 15 is 0 Å². The Hall–Kier alpha value is 1.62. The molecule has 0 fully saturated rings. The molecule has 0 heterocycles. The van der Waals surface area contributed by atoms with E-state index in [2.05, 4.69) is 0 Å². The van der Waals surface area contributed by atoms with Gasteiger partial charge in [-0.15, -0.1) is 0 Å². The van der Waals surface area contributed by atoms with Crippen molar-refractivity contribution < 1.29 is 78.3 Å². The SMILES string of the molecule is CNC(=O)P(=O)([O-])[O-].[Na+].[Na+]. The number of rotatable bonds is 1. The molecule has 5 nitrogen and oxygen atoms in total. The molecule has 0 radical (unpaired) electrons. The average molecular weight is 183 g/mol. The fraction of sp³-hybridized carbons (Fsp3) is 0.500. The van der Waals surface area contributed by atoms with Crippen LogP contribution < -0.4 is 74.2 Å². The van der Waals surface area contributed by atoms with Gasteiger partial charge in [0.1, 0.15) is 0 Å². The van der Waals surface area contributed by atoms with Crippen molar-refractivity contribution in [3.8, 4) is 0 Å². The van der Waals surface area contributed by atoms with Crippen molar-refractivity contribution in [1.82, 2.24) is 5.32 Å². The zero-order valence-corrected chi connectivity index (χ0v) is 11.0. The Morgan fingerprint density at radius 3 is 1.70 bits per heavy atom. The van der Waals surface area contributed by atoms with Gasteiger partial charge in [-0.25, -0.2) is 0 Å². The van der Waals surface area contributed by atoms with Crippen molar-refractivity contribution in [3.63, 3.8) is 0 Å². The third kappa shape index (κ3) is 7.72. The Morgan fingerprint density at radius 1 is 1.40 bits per heavy atom. The molecule has 0 spiro atoms. The largest absolute Gasteiger partial charge is 1.00 e. The van der Waals surface area contributed by atoms with E-state index in [9.17, 15) is 19.1 Å². The van der Waals surface area contributed by atoms with Crippen LogP contribution in [0.2, 0.25) is 0 Å². The average Bonchev–Trinajstić information content (AvgIpc) is 1.62. The monoisotopic (exact) mass is 183 g/mol. The van der Waals surface area contributed by atoms with Crippen molar-refractivity contribution in [3.05, 3.63) is 0 Å². The van der Waals surface area contributed by atoms with Crippen LogP contribution in [0.1, 0.15) is 0 Å². The van der Waals surface area contributed by atoms with E-state index in [0.717, 1.165) is 7.05 Å². The molecule has 0 rings (SSSR count). The van der Waals surface area contributed by atoms with Crippen molar-refractivity contribution >= 4 is 13.2 Å². The first-order chi connectivity index (χ1) is 3.48. The van der Waals surface area contributed by atoms with Gasteiger partial charge < -0.3 is 19.7 Å². The van der Waals surface area contributed by atoms with Gasteiger partial charge in [-0.05, 0) is 0 Å². The number of carbonyl (C=O) groups is 1. The maximum absolute atomic E-state index is 9.83. The van der Waals surface area contributed by atoms with Crippen molar-refractivity contribution in [2.75, 3.05) is 7.05 Å². The summed E-state index contributed by atoms with van der Waals surface area (Å²) in [5.41, 5.74) is -1.47. The number of carbonyl (C=O) groups excluding carboxylic acids is 1. The van der Waals surface area contributed by atoms with Crippen LogP contribution in [0.4, 0.5) is 4.79 Å². The fourth-order valence-corrected chi connectivity index (χ4v) is 0.411. The Morgan fingerprint density at radius 2 is 1.70 bits per heavy atom. The molecule has 0 saturated heterocycles. The normalized spacial score (nSPS) is 8.70. The number of nitrogens with one attached hydrogen (secondary N) is 1. The first kappa shape index (κ1) is 17.6. The summed E-state index contributed by atoms with van der Waals surface area (Å²) in [6.07, 6.45) is 0. The van der Waals surface area contributed by atoms with Crippen LogP contribution in [0, 0.1) is 0 Å². The summed E-state index contributed by atoms with van der Waals surface area (Å²) in [6.45, 7) is 0. The third-order valence-corrected chi connectivity index (χ3v) is 1.18. The summed E-state index contributed by atoms with van der Waals surface area (Å²) in [7, 11) is -3.93. The smallest absolute Gasteiger partial charge is 0.804 e. The van der Waals surface area contributed by atoms with Crippen LogP contribution in [0.15, 0.2) is 0 Å². The molecule has 1 amide bonds. The summed E-state index contributed by atoms with van der Waals surface area (Å²) in [4.78, 5) is 29.1. The second-order valence-electron chi connectivity index (χ2n) is 1.05. The zero-order valence-electron chi connectivity index (χ0n) is 6.08. The van der Waals surface area contributed by atoms with Gasteiger partial charge in [-0.3, -0.25) is 4.79 Å². The molecule has 0 aromatic rings. The van der Waals surface area contributed by atoms with Crippen LogP contribution in [-0.4, -0.2) is 12.7 Å². The van der Waals surface area contributed by atoms with Gasteiger partial charge in [0.25, 0.3) is 0 Å². The van der Waals surface area contributed by atoms with Gasteiger partial charge in [-0.2, -0.15) is 0 Å². The van der Waals surface area contributed by atoms with E-state index in [-0.39, 0.29) is 59.1 Å². The van der Waals surface area contributed by atoms with Gasteiger partial charge in [-0.1, -0.05) is 0 Å². The van der Waals surface area contributed by atoms with Gasteiger partial charge in [0.2, 0.25) is 5.65 Å². The number of hydrogen-bond donors (Lipinski definition) is 1. The zero-order chi connectivity index (χ0) is 6.78. The third-order valence-electron chi connectivity index (χ3n) is 0.463. The molecular formula is C2H4NNa2O4P. The quantitative estimate of drug-likeness (QED) is 0.322. The van der Waals surface area contributed by atoms with E-state index in [1.807, 2.05) is 0 Å². The molecule has 0 aliphatic carbocycles. The van der Waals surface area contributed by atoms with E-state index in [1.54, 1.807) is 5.32 Å². The van der Waals surface area contributed by atoms with Crippen molar-refractivity contribution in [1.29, 1.82) is 0 Å². The molecule has 0 saturated carbocycles. The van der Waals surface area contributed by atoms with E-state index in [0.29, 0.717) is 0 Å². The number of amides is 1. The Kier molecular flexibility index (Phi) is 12.8. The molecule has 0 bridgehead atoms. The van der Waals surface area contributed by atoms with Crippen molar-refractivity contribution in [2.24, 2.45) is 0 Å². The molecule has 1 N–H and O–H groups in total. The second-order valence-corrected chi connectivity index (χ2v) is 2.45. The maximum Gasteiger partial charge on any atom is 1.00 e. The molecular weight excluding hydrogens is 179 g/mol. The molecule has 0 aromatic heterocycles. The Balaban J connectivity index is -0.000000245. The predicted molar refractivity (Wildman–Crippen MR) is 22.1 cm³/mol. The predicted octanol–water partition coefficient (Wildman–Crippen LogP) is -7.75. The van der Waals surface area contributed by atoms with E-state index < -0.39 is 13.2 Å². The Labute approximate surface area is 103 Å². The summed E-state index contributed by atoms with van der Waals surface area (Å²) in [6, 6.07) is 0. The first-order valence-corrected chi connectivity index (χ1v) is 3.27. The summed E-state index contributed by atoms with van der Waals surface area (Å²) in [5.74, 6) is 0. The topological polar surface area (TPSA) is 92.3 Å². The fourth-order valence-electron chi connectivity index (χ4n) is 0.137. The molecule has 48 valence electrons. The van der Waals surface area contributed by atoms with Gasteiger partial charge in [0.15, 0.2) is 0 Å². The molecule has 0 aliphatic rings. The van der Waals surface area contributed by atoms with Gasteiger partial charge >= 0.3 is 59.1 Å². The van der Waals surface area contributed by atoms with Crippen LogP contribution in [0.5, 0.6) is 0 Å². The number of hydrogen-bond acceptors (Lipinski definition) is 4. The Bertz CT molecular complexity index is 144. The second kappa shape index (κ2) is 7.28. The van der Waals surface area contributed by atoms with Gasteiger partial charge in [0.05, 0.1) is 0 Å². The molecule has 8 heteroatoms. The van der Waals surface area contributed by atoms with Gasteiger partial charge in [0, 0.05) is 14.6 Å². The van der Waals surface area contributed by atoms with Crippen molar-refractivity contribution in [2.45, 2.75) is 0 Å². The summed E-state index contributed by atoms with van der Waals surface area (Å²) >= 11 is 0. The standard InChI is InChI=1S/C2H6NO4P.2Na/c1-3-2(4)8(5,6)7;;/h1H3,(H,3,4)(H2,5,6,7);;/q;2*+1/p-2. The first-order valence-electron chi connectivity index (χ1n) is 1.73. The minimum Gasteiger partial charge on any atom is -0.804 e. The van der Waals surface area contributed by atoms with Crippen LogP contribution >= 0.6 is 7.60 Å². The van der Waals surface area contributed by atoms with Crippen LogP contribution in [0.3, 0.4) is 0 Å². The van der Waals surface area contributed by atoms with E-state index in [1.165, 1.54) is 0 Å². The summed E-state index contributed by atoms with van der Waals surface area (Å²) < 4.78 is 9.62. The van der Waals surface area contributed by atoms with E-state index in [4.69, 9.17) is 0 Å². The minimum atomic E-state index is -5.01. The molecule has 0 aromatic carbocycles. The van der Waals surface area contributed by atoms with Crippen LogP contribution in [0.25, 0.3) is 0 Å². The molecule has 10 heavy (non-hydrogen) atoms. The molecule has 0 aliphatic heterocycles. The molecule has 0 atom stereocenters.